The van der Waals surface area contributed by atoms with E-state index in [9.17, 15) is 4.79 Å². The van der Waals surface area contributed by atoms with E-state index in [0.717, 1.165) is 32.1 Å². The average Bonchev–Trinajstić information content (AvgIpc) is 2.35. The second-order valence-electron chi connectivity index (χ2n) is 6.78. The molecule has 4 heteroatoms. The van der Waals surface area contributed by atoms with Crippen LogP contribution in [0, 0.1) is 0 Å². The zero-order valence-electron chi connectivity index (χ0n) is 14.5. The van der Waals surface area contributed by atoms with Crippen LogP contribution in [0.5, 0.6) is 0 Å². The average molecular weight is 309 g/mol. The summed E-state index contributed by atoms with van der Waals surface area (Å²) >= 11 is 0. The van der Waals surface area contributed by atoms with Gasteiger partial charge in [-0.3, -0.25) is 4.79 Å². The first-order chi connectivity index (χ1) is 10.4. The number of carbonyl (C=O) groups excluding carboxylic acids is 1. The fraction of sp³-hybridized carbons (Fsp3) is 0.778. The van der Waals surface area contributed by atoms with Crippen molar-refractivity contribution in [3.05, 3.63) is 17.9 Å². The molecule has 0 aromatic rings. The Bertz CT molecular complexity index is 395. The third-order valence-corrected chi connectivity index (χ3v) is 3.60. The Kier molecular flexibility index (Phi) is 8.47. The minimum Gasteiger partial charge on any atom is -0.379 e. The van der Waals surface area contributed by atoms with Gasteiger partial charge in [0.2, 0.25) is 5.91 Å². The van der Waals surface area contributed by atoms with Gasteiger partial charge >= 0.3 is 0 Å². The molecule has 1 N–H and O–H groups in total. The van der Waals surface area contributed by atoms with E-state index < -0.39 is 0 Å². The highest BCUT2D eigenvalue weighted by atomic mass is 16.5. The van der Waals surface area contributed by atoms with Crippen LogP contribution in [0.15, 0.2) is 17.9 Å². The quantitative estimate of drug-likeness (QED) is 0.699. The lowest BCUT2D eigenvalue weighted by molar-refractivity contribution is -0.129. The summed E-state index contributed by atoms with van der Waals surface area (Å²) in [6.45, 7) is 8.81. The lowest BCUT2D eigenvalue weighted by Gasteiger charge is -2.27. The molecule has 4 nitrogen and oxygen atoms in total. The van der Waals surface area contributed by atoms with Crippen LogP contribution in [-0.4, -0.2) is 36.9 Å². The van der Waals surface area contributed by atoms with Crippen molar-refractivity contribution in [1.82, 2.24) is 5.32 Å². The molecule has 0 radical (unpaired) electrons. The van der Waals surface area contributed by atoms with Crippen molar-refractivity contribution < 1.29 is 14.3 Å². The zero-order valence-corrected chi connectivity index (χ0v) is 14.5. The molecular formula is C18H31NO3. The Morgan fingerprint density at radius 3 is 2.91 bits per heavy atom. The summed E-state index contributed by atoms with van der Waals surface area (Å²) in [6, 6.07) is 0. The second kappa shape index (κ2) is 9.83. The molecule has 0 spiro atoms. The van der Waals surface area contributed by atoms with Crippen LogP contribution in [0.4, 0.5) is 0 Å². The van der Waals surface area contributed by atoms with E-state index in [1.807, 2.05) is 33.8 Å². The van der Waals surface area contributed by atoms with Gasteiger partial charge in [0.05, 0.1) is 12.2 Å². The summed E-state index contributed by atoms with van der Waals surface area (Å²) in [7, 11) is 0. The molecule has 0 fully saturated rings. The Balaban J connectivity index is 2.27. The largest absolute Gasteiger partial charge is 0.379 e. The minimum absolute atomic E-state index is 0.0591. The molecule has 126 valence electrons. The van der Waals surface area contributed by atoms with Crippen LogP contribution >= 0.6 is 0 Å². The number of carbonyl (C=O) groups is 1. The molecular weight excluding hydrogens is 278 g/mol. The summed E-state index contributed by atoms with van der Waals surface area (Å²) in [5.74, 6) is -0.0591. The molecule has 1 amide bonds. The molecule has 1 atom stereocenters. The van der Waals surface area contributed by atoms with E-state index in [1.54, 1.807) is 0 Å². The van der Waals surface area contributed by atoms with Gasteiger partial charge < -0.3 is 14.8 Å². The maximum absolute atomic E-state index is 12.0. The van der Waals surface area contributed by atoms with E-state index in [-0.39, 0.29) is 30.3 Å². The normalized spacial score (nSPS) is 19.0. The summed E-state index contributed by atoms with van der Waals surface area (Å²) in [5, 5.41) is 3.02. The Hall–Kier alpha value is -1.09. The number of hydrogen-bond acceptors (Lipinski definition) is 3. The van der Waals surface area contributed by atoms with Crippen molar-refractivity contribution in [1.29, 1.82) is 0 Å². The molecule has 1 unspecified atom stereocenters. The minimum atomic E-state index is -0.279. The molecule has 0 aromatic carbocycles. The first-order valence-electron chi connectivity index (χ1n) is 8.33. The lowest BCUT2D eigenvalue weighted by Crippen LogP contribution is -2.46. The van der Waals surface area contributed by atoms with Crippen LogP contribution < -0.4 is 5.32 Å². The summed E-state index contributed by atoms with van der Waals surface area (Å²) in [6.07, 6.45) is 9.13. The van der Waals surface area contributed by atoms with Crippen LogP contribution in [-0.2, 0) is 14.3 Å². The molecule has 1 aliphatic rings. The Morgan fingerprint density at radius 1 is 1.41 bits per heavy atom. The Morgan fingerprint density at radius 2 is 2.18 bits per heavy atom. The third-order valence-electron chi connectivity index (χ3n) is 3.60. The molecule has 1 aliphatic carbocycles. The molecule has 22 heavy (non-hydrogen) atoms. The maximum Gasteiger partial charge on any atom is 0.246 e. The second-order valence-corrected chi connectivity index (χ2v) is 6.78. The summed E-state index contributed by atoms with van der Waals surface area (Å²) in [4.78, 5) is 12.0. The van der Waals surface area contributed by atoms with Crippen molar-refractivity contribution >= 4 is 5.91 Å². The predicted octanol–water partition coefficient (Wildman–Crippen LogP) is 3.37. The molecule has 0 heterocycles. The van der Waals surface area contributed by atoms with Crippen molar-refractivity contribution in [3.8, 4) is 0 Å². The van der Waals surface area contributed by atoms with Crippen LogP contribution in [0.25, 0.3) is 0 Å². The van der Waals surface area contributed by atoms with Gasteiger partial charge in [-0.15, -0.1) is 5.73 Å². The van der Waals surface area contributed by atoms with Gasteiger partial charge in [-0.1, -0.05) is 0 Å². The number of ether oxygens (including phenoxy) is 2. The molecule has 0 aliphatic heterocycles. The lowest BCUT2D eigenvalue weighted by atomic mass is 10.0. The molecule has 0 saturated heterocycles. The fourth-order valence-corrected chi connectivity index (χ4v) is 2.30. The van der Waals surface area contributed by atoms with E-state index in [1.165, 1.54) is 0 Å². The molecule has 0 saturated carbocycles. The zero-order chi connectivity index (χ0) is 16.4. The van der Waals surface area contributed by atoms with E-state index in [4.69, 9.17) is 9.47 Å². The monoisotopic (exact) mass is 309 g/mol. The van der Waals surface area contributed by atoms with Crippen LogP contribution in [0.2, 0.25) is 0 Å². The third kappa shape index (κ3) is 9.04. The van der Waals surface area contributed by atoms with Gasteiger partial charge in [-0.05, 0) is 72.0 Å². The van der Waals surface area contributed by atoms with Gasteiger partial charge in [-0.2, -0.15) is 0 Å². The van der Waals surface area contributed by atoms with Gasteiger partial charge in [0.15, 0.2) is 0 Å². The van der Waals surface area contributed by atoms with E-state index in [2.05, 4.69) is 17.1 Å². The highest BCUT2D eigenvalue weighted by Crippen LogP contribution is 2.13. The van der Waals surface area contributed by atoms with Crippen LogP contribution in [0.1, 0.15) is 59.8 Å². The Labute approximate surface area is 134 Å². The SMILES string of the molecule is CC(C)OCCC(C)(C)NC(=O)COC1CC=C=CCCC1. The summed E-state index contributed by atoms with van der Waals surface area (Å²) < 4.78 is 11.3. The first kappa shape index (κ1) is 19.0. The van der Waals surface area contributed by atoms with Gasteiger partial charge in [0.1, 0.15) is 6.61 Å². The molecule has 0 aromatic heterocycles. The summed E-state index contributed by atoms with van der Waals surface area (Å²) in [5.41, 5.74) is 2.85. The van der Waals surface area contributed by atoms with Crippen molar-refractivity contribution in [2.75, 3.05) is 13.2 Å². The van der Waals surface area contributed by atoms with Gasteiger partial charge in [-0.25, -0.2) is 0 Å². The number of nitrogens with one attached hydrogen (secondary N) is 1. The van der Waals surface area contributed by atoms with E-state index in [0.29, 0.717) is 6.61 Å². The van der Waals surface area contributed by atoms with Gasteiger partial charge in [0, 0.05) is 12.1 Å². The van der Waals surface area contributed by atoms with Crippen molar-refractivity contribution in [2.24, 2.45) is 0 Å². The predicted molar refractivity (Wildman–Crippen MR) is 88.8 cm³/mol. The fourth-order valence-electron chi connectivity index (χ4n) is 2.30. The number of hydrogen-bond donors (Lipinski definition) is 1. The van der Waals surface area contributed by atoms with Crippen LogP contribution in [0.3, 0.4) is 0 Å². The van der Waals surface area contributed by atoms with Crippen molar-refractivity contribution in [3.63, 3.8) is 0 Å². The molecule has 0 bridgehead atoms. The van der Waals surface area contributed by atoms with Gasteiger partial charge in [0.25, 0.3) is 0 Å². The number of rotatable bonds is 8. The number of amides is 1. The topological polar surface area (TPSA) is 47.6 Å². The standard InChI is InChI=1S/C18H31NO3/c1-15(2)21-13-12-18(3,4)19-17(20)14-22-16-10-8-6-5-7-9-11-16/h5,9,15-16H,6,8,10-14H2,1-4H3,(H,19,20). The maximum atomic E-state index is 12.0. The molecule has 1 rings (SSSR count). The van der Waals surface area contributed by atoms with E-state index >= 15 is 0 Å². The van der Waals surface area contributed by atoms with Crippen molar-refractivity contribution in [2.45, 2.75) is 77.5 Å². The highest BCUT2D eigenvalue weighted by Gasteiger charge is 2.21. The first-order valence-corrected chi connectivity index (χ1v) is 8.33. The highest BCUT2D eigenvalue weighted by molar-refractivity contribution is 5.77. The smallest absolute Gasteiger partial charge is 0.246 e.